The Morgan fingerprint density at radius 1 is 1.10 bits per heavy atom. The predicted molar refractivity (Wildman–Crippen MR) is 115 cm³/mol. The van der Waals surface area contributed by atoms with Gasteiger partial charge in [-0.15, -0.1) is 0 Å². The largest absolute Gasteiger partial charge is 0.394 e. The zero-order valence-corrected chi connectivity index (χ0v) is 17.8. The molecule has 2 aromatic rings. The van der Waals surface area contributed by atoms with Gasteiger partial charge in [-0.25, -0.2) is 0 Å². The Labute approximate surface area is 182 Å². The minimum absolute atomic E-state index is 0.527. The van der Waals surface area contributed by atoms with Crippen LogP contribution in [0.4, 0.5) is 0 Å². The van der Waals surface area contributed by atoms with E-state index in [-0.39, 0.29) is 0 Å². The van der Waals surface area contributed by atoms with Gasteiger partial charge in [0.05, 0.1) is 6.61 Å². The lowest BCUT2D eigenvalue weighted by atomic mass is 9.86. The predicted octanol–water partition coefficient (Wildman–Crippen LogP) is 0.526. The molecule has 0 spiro atoms. The minimum atomic E-state index is -1.51. The van der Waals surface area contributed by atoms with Crippen molar-refractivity contribution in [3.8, 4) is 11.1 Å². The van der Waals surface area contributed by atoms with Gasteiger partial charge in [-0.1, -0.05) is 36.4 Å². The van der Waals surface area contributed by atoms with Crippen LogP contribution in [0.3, 0.4) is 0 Å². The van der Waals surface area contributed by atoms with Crippen LogP contribution in [0.1, 0.15) is 28.4 Å². The van der Waals surface area contributed by atoms with Crippen LogP contribution in [-0.4, -0.2) is 81.2 Å². The highest BCUT2D eigenvalue weighted by Gasteiger charge is 2.46. The van der Waals surface area contributed by atoms with Crippen LogP contribution in [0.25, 0.3) is 11.1 Å². The molecule has 31 heavy (non-hydrogen) atoms. The molecule has 0 aromatic heterocycles. The Bertz CT molecular complexity index is 932. The van der Waals surface area contributed by atoms with E-state index >= 15 is 0 Å². The summed E-state index contributed by atoms with van der Waals surface area (Å²) in [5, 5.41) is 50.7. The number of hydrogen-bond donors (Lipinski definition) is 5. The first-order valence-corrected chi connectivity index (χ1v) is 10.7. The molecule has 0 amide bonds. The molecule has 0 aliphatic carbocycles. The average Bonchev–Trinajstić information content (AvgIpc) is 2.76. The van der Waals surface area contributed by atoms with E-state index in [0.717, 1.165) is 30.6 Å². The molecule has 0 bridgehead atoms. The van der Waals surface area contributed by atoms with Crippen LogP contribution >= 0.6 is 0 Å². The minimum Gasteiger partial charge on any atom is -0.394 e. The van der Waals surface area contributed by atoms with Crippen LogP contribution in [0.5, 0.6) is 0 Å². The Morgan fingerprint density at radius 3 is 2.58 bits per heavy atom. The summed E-state index contributed by atoms with van der Waals surface area (Å²) in [7, 11) is 2.12. The third-order valence-corrected chi connectivity index (χ3v) is 6.60. The van der Waals surface area contributed by atoms with Crippen molar-refractivity contribution < 1.29 is 30.3 Å². The molecule has 1 saturated heterocycles. The highest BCUT2D eigenvalue weighted by atomic mass is 16.6. The molecule has 2 aliphatic heterocycles. The summed E-state index contributed by atoms with van der Waals surface area (Å²) in [6.07, 6.45) is -6.90. The van der Waals surface area contributed by atoms with E-state index < -0.39 is 43.2 Å². The number of aliphatic hydroxyl groups is 5. The topological polar surface area (TPSA) is 114 Å². The summed E-state index contributed by atoms with van der Waals surface area (Å²) in [4.78, 5) is 2.30. The molecule has 6 atom stereocenters. The summed E-state index contributed by atoms with van der Waals surface area (Å²) in [5.74, 6) is 0. The zero-order valence-electron chi connectivity index (χ0n) is 17.8. The van der Waals surface area contributed by atoms with Gasteiger partial charge in [0.15, 0.2) is 0 Å². The number of likely N-dealkylation sites (N-methyl/N-ethyl adjacent to an activating group) is 1. The van der Waals surface area contributed by atoms with E-state index in [4.69, 9.17) is 4.74 Å². The van der Waals surface area contributed by atoms with Gasteiger partial charge >= 0.3 is 0 Å². The molecule has 7 heteroatoms. The van der Waals surface area contributed by atoms with Crippen molar-refractivity contribution in [1.82, 2.24) is 4.90 Å². The second kappa shape index (κ2) is 8.96. The van der Waals surface area contributed by atoms with Crippen molar-refractivity contribution in [3.63, 3.8) is 0 Å². The lowest BCUT2D eigenvalue weighted by Gasteiger charge is -2.42. The number of aryl methyl sites for hydroxylation is 1. The highest BCUT2D eigenvalue weighted by Crippen LogP contribution is 2.35. The van der Waals surface area contributed by atoms with E-state index in [1.807, 2.05) is 25.1 Å². The molecule has 1 fully saturated rings. The summed E-state index contributed by atoms with van der Waals surface area (Å²) in [5.41, 5.74) is 6.31. The summed E-state index contributed by atoms with van der Waals surface area (Å²) < 4.78 is 5.54. The van der Waals surface area contributed by atoms with Crippen molar-refractivity contribution in [3.05, 3.63) is 58.7 Å². The third-order valence-electron chi connectivity index (χ3n) is 6.60. The van der Waals surface area contributed by atoms with Gasteiger partial charge < -0.3 is 35.2 Å². The lowest BCUT2D eigenvalue weighted by molar-refractivity contribution is -0.250. The normalized spacial score (nSPS) is 30.1. The van der Waals surface area contributed by atoms with Crippen LogP contribution in [0.2, 0.25) is 0 Å². The fraction of sp³-hybridized carbons (Fsp3) is 0.500. The maximum absolute atomic E-state index is 10.9. The number of ether oxygens (including phenoxy) is 1. The number of hydrogen-bond acceptors (Lipinski definition) is 7. The van der Waals surface area contributed by atoms with Gasteiger partial charge in [0.1, 0.15) is 36.6 Å². The average molecular weight is 430 g/mol. The van der Waals surface area contributed by atoms with Gasteiger partial charge in [0.25, 0.3) is 0 Å². The first kappa shape index (κ1) is 22.4. The fourth-order valence-corrected chi connectivity index (χ4v) is 4.76. The van der Waals surface area contributed by atoms with Gasteiger partial charge in [0, 0.05) is 13.1 Å². The Balaban J connectivity index is 1.62. The molecule has 0 radical (unpaired) electrons. The Kier molecular flexibility index (Phi) is 6.46. The molecular weight excluding hydrogens is 398 g/mol. The molecule has 7 nitrogen and oxygen atoms in total. The number of fused-ring (bicyclic) bond motifs is 1. The molecule has 2 aliphatic rings. The third kappa shape index (κ3) is 4.15. The standard InChI is InChI=1S/C24H31NO6/c1-13-10-14(17-5-3-4-15-11-25(2)9-8-18(15)17)6-7-16(13)20(27)24-23(30)22(29)21(28)19(12-26)31-24/h3-7,10,19-24,26-30H,8-9,11-12H2,1-2H3/t19-,20-,21-,22+,23+,24-/m1/s1. The van der Waals surface area contributed by atoms with Crippen molar-refractivity contribution in [2.75, 3.05) is 20.2 Å². The van der Waals surface area contributed by atoms with Gasteiger partial charge in [-0.3, -0.25) is 0 Å². The van der Waals surface area contributed by atoms with Crippen LogP contribution in [0, 0.1) is 6.92 Å². The molecule has 168 valence electrons. The summed E-state index contributed by atoms with van der Waals surface area (Å²) in [6.45, 7) is 3.29. The summed E-state index contributed by atoms with van der Waals surface area (Å²) >= 11 is 0. The van der Waals surface area contributed by atoms with E-state index in [1.54, 1.807) is 0 Å². The molecule has 4 rings (SSSR count). The number of nitrogens with zero attached hydrogens (tertiary/aromatic N) is 1. The second-order valence-corrected chi connectivity index (χ2v) is 8.74. The smallest absolute Gasteiger partial charge is 0.117 e. The highest BCUT2D eigenvalue weighted by molar-refractivity contribution is 5.70. The molecular formula is C24H31NO6. The first-order valence-electron chi connectivity index (χ1n) is 10.7. The lowest BCUT2D eigenvalue weighted by Crippen LogP contribution is -2.59. The number of aliphatic hydroxyl groups excluding tert-OH is 5. The maximum atomic E-state index is 10.9. The van der Waals surface area contributed by atoms with E-state index in [1.165, 1.54) is 16.7 Å². The van der Waals surface area contributed by atoms with Crippen LogP contribution < -0.4 is 0 Å². The zero-order chi connectivity index (χ0) is 22.3. The molecule has 2 heterocycles. The van der Waals surface area contributed by atoms with Gasteiger partial charge in [-0.05, 0) is 53.8 Å². The van der Waals surface area contributed by atoms with E-state index in [9.17, 15) is 25.5 Å². The van der Waals surface area contributed by atoms with Gasteiger partial charge in [-0.2, -0.15) is 0 Å². The molecule has 0 unspecified atom stereocenters. The van der Waals surface area contributed by atoms with Crippen molar-refractivity contribution >= 4 is 0 Å². The van der Waals surface area contributed by atoms with Crippen molar-refractivity contribution in [2.24, 2.45) is 0 Å². The summed E-state index contributed by atoms with van der Waals surface area (Å²) in [6, 6.07) is 12.1. The van der Waals surface area contributed by atoms with E-state index in [0.29, 0.717) is 5.56 Å². The quantitative estimate of drug-likeness (QED) is 0.482. The molecule has 2 aromatic carbocycles. The monoisotopic (exact) mass is 429 g/mol. The Hall–Kier alpha value is -1.84. The fourth-order valence-electron chi connectivity index (χ4n) is 4.76. The van der Waals surface area contributed by atoms with Crippen molar-refractivity contribution in [2.45, 2.75) is 56.5 Å². The molecule has 5 N–H and O–H groups in total. The van der Waals surface area contributed by atoms with Crippen molar-refractivity contribution in [1.29, 1.82) is 0 Å². The SMILES string of the molecule is Cc1cc(-c2cccc3c2CCN(C)C3)ccc1[C@@H](O)[C@H]1O[C@H](CO)[C@@H](O)[C@H](O)[C@@H]1O. The van der Waals surface area contributed by atoms with E-state index in [2.05, 4.69) is 30.1 Å². The molecule has 0 saturated carbocycles. The maximum Gasteiger partial charge on any atom is 0.117 e. The first-order chi connectivity index (χ1) is 14.8. The second-order valence-electron chi connectivity index (χ2n) is 8.74. The van der Waals surface area contributed by atoms with Crippen LogP contribution in [-0.2, 0) is 17.7 Å². The number of rotatable bonds is 4. The van der Waals surface area contributed by atoms with Crippen LogP contribution in [0.15, 0.2) is 36.4 Å². The number of benzene rings is 2. The Morgan fingerprint density at radius 2 is 1.87 bits per heavy atom. The van der Waals surface area contributed by atoms with Gasteiger partial charge in [0.2, 0.25) is 0 Å².